The predicted octanol–water partition coefficient (Wildman–Crippen LogP) is 0.730. The highest BCUT2D eigenvalue weighted by Gasteiger charge is 2.31. The molecule has 1 fully saturated rings. The summed E-state index contributed by atoms with van der Waals surface area (Å²) in [7, 11) is 1.64. The van der Waals surface area contributed by atoms with Crippen LogP contribution in [-0.2, 0) is 0 Å². The molecule has 0 saturated heterocycles. The van der Waals surface area contributed by atoms with Gasteiger partial charge < -0.3 is 10.0 Å². The molecule has 1 atom stereocenters. The van der Waals surface area contributed by atoms with Crippen molar-refractivity contribution in [1.29, 1.82) is 0 Å². The lowest BCUT2D eigenvalue weighted by Crippen LogP contribution is -2.35. The molecule has 1 aliphatic rings. The Kier molecular flexibility index (Phi) is 3.43. The SMILES string of the molecule is CN(CC(O)C1CC1)C(=O)c1nc2ncc(Br)cn2n1. The molecule has 1 saturated carbocycles. The molecule has 0 aromatic carbocycles. The molecule has 1 unspecified atom stereocenters. The molecule has 20 heavy (non-hydrogen) atoms. The monoisotopic (exact) mass is 339 g/mol. The fourth-order valence-electron chi connectivity index (χ4n) is 2.01. The minimum atomic E-state index is -0.465. The number of halogens is 1. The van der Waals surface area contributed by atoms with Crippen molar-refractivity contribution in [3.63, 3.8) is 0 Å². The maximum atomic E-state index is 12.2. The number of nitrogens with zero attached hydrogens (tertiary/aromatic N) is 5. The third kappa shape index (κ3) is 2.66. The maximum Gasteiger partial charge on any atom is 0.293 e. The van der Waals surface area contributed by atoms with E-state index < -0.39 is 6.10 Å². The van der Waals surface area contributed by atoms with E-state index in [9.17, 15) is 9.90 Å². The Morgan fingerprint density at radius 2 is 2.40 bits per heavy atom. The standard InChI is InChI=1S/C12H14BrN5O2/c1-17(6-9(19)7-2-3-7)11(20)10-15-12-14-4-8(13)5-18(12)16-10/h4-5,7,9,19H,2-3,6H2,1H3. The zero-order chi connectivity index (χ0) is 14.3. The topological polar surface area (TPSA) is 83.6 Å². The Labute approximate surface area is 123 Å². The van der Waals surface area contributed by atoms with Crippen LogP contribution >= 0.6 is 15.9 Å². The number of aliphatic hydroxyl groups excluding tert-OH is 1. The van der Waals surface area contributed by atoms with Gasteiger partial charge in [0.05, 0.1) is 10.6 Å². The highest BCUT2D eigenvalue weighted by Crippen LogP contribution is 2.32. The van der Waals surface area contributed by atoms with Gasteiger partial charge in [0, 0.05) is 26.0 Å². The van der Waals surface area contributed by atoms with Gasteiger partial charge >= 0.3 is 0 Å². The molecule has 106 valence electrons. The first-order valence-electron chi connectivity index (χ1n) is 6.36. The van der Waals surface area contributed by atoms with Crippen LogP contribution in [-0.4, -0.2) is 55.2 Å². The summed E-state index contributed by atoms with van der Waals surface area (Å²) in [6, 6.07) is 0. The first kappa shape index (κ1) is 13.4. The molecule has 3 rings (SSSR count). The van der Waals surface area contributed by atoms with Crippen LogP contribution in [0.3, 0.4) is 0 Å². The van der Waals surface area contributed by atoms with Gasteiger partial charge in [0.2, 0.25) is 5.82 Å². The zero-order valence-electron chi connectivity index (χ0n) is 10.9. The van der Waals surface area contributed by atoms with Crippen molar-refractivity contribution in [3.8, 4) is 0 Å². The second-order valence-corrected chi connectivity index (χ2v) is 5.96. The number of aromatic nitrogens is 4. The Hall–Kier alpha value is -1.54. The Morgan fingerprint density at radius 1 is 1.65 bits per heavy atom. The number of carbonyl (C=O) groups excluding carboxylic acids is 1. The number of likely N-dealkylation sites (N-methyl/N-ethyl adjacent to an activating group) is 1. The molecule has 0 radical (unpaired) electrons. The van der Waals surface area contributed by atoms with Crippen LogP contribution in [0.5, 0.6) is 0 Å². The summed E-state index contributed by atoms with van der Waals surface area (Å²) < 4.78 is 2.20. The molecular weight excluding hydrogens is 326 g/mol. The largest absolute Gasteiger partial charge is 0.391 e. The summed E-state index contributed by atoms with van der Waals surface area (Å²) in [6.07, 6.45) is 4.89. The summed E-state index contributed by atoms with van der Waals surface area (Å²) >= 11 is 3.28. The van der Waals surface area contributed by atoms with Gasteiger partial charge in [-0.2, -0.15) is 4.98 Å². The molecule has 0 bridgehead atoms. The van der Waals surface area contributed by atoms with Gasteiger partial charge in [-0.05, 0) is 34.7 Å². The van der Waals surface area contributed by atoms with Gasteiger partial charge in [0.25, 0.3) is 11.7 Å². The first-order chi connectivity index (χ1) is 9.54. The second kappa shape index (κ2) is 5.10. The lowest BCUT2D eigenvalue weighted by Gasteiger charge is -2.19. The highest BCUT2D eigenvalue weighted by atomic mass is 79.9. The number of aliphatic hydroxyl groups is 1. The summed E-state index contributed by atoms with van der Waals surface area (Å²) in [4.78, 5) is 21.8. The molecule has 1 aliphatic carbocycles. The third-order valence-corrected chi connectivity index (χ3v) is 3.74. The minimum Gasteiger partial charge on any atom is -0.391 e. The average molecular weight is 340 g/mol. The van der Waals surface area contributed by atoms with Gasteiger partial charge in [0.15, 0.2) is 0 Å². The molecule has 7 nitrogen and oxygen atoms in total. The Balaban J connectivity index is 1.76. The van der Waals surface area contributed by atoms with Crippen molar-refractivity contribution < 1.29 is 9.90 Å². The Bertz CT molecular complexity index is 654. The van der Waals surface area contributed by atoms with Gasteiger partial charge in [-0.15, -0.1) is 5.10 Å². The van der Waals surface area contributed by atoms with E-state index in [1.165, 1.54) is 9.42 Å². The van der Waals surface area contributed by atoms with E-state index in [4.69, 9.17) is 0 Å². The van der Waals surface area contributed by atoms with Crippen molar-refractivity contribution in [1.82, 2.24) is 24.5 Å². The quantitative estimate of drug-likeness (QED) is 0.887. The van der Waals surface area contributed by atoms with E-state index >= 15 is 0 Å². The highest BCUT2D eigenvalue weighted by molar-refractivity contribution is 9.10. The van der Waals surface area contributed by atoms with Crippen molar-refractivity contribution in [3.05, 3.63) is 22.7 Å². The van der Waals surface area contributed by atoms with E-state index in [1.54, 1.807) is 19.4 Å². The molecule has 1 N–H and O–H groups in total. The first-order valence-corrected chi connectivity index (χ1v) is 7.15. The van der Waals surface area contributed by atoms with Crippen LogP contribution in [0.2, 0.25) is 0 Å². The fourth-order valence-corrected chi connectivity index (χ4v) is 2.31. The normalized spacial score (nSPS) is 16.4. The smallest absolute Gasteiger partial charge is 0.293 e. The van der Waals surface area contributed by atoms with Gasteiger partial charge in [-0.3, -0.25) is 4.79 Å². The number of carbonyl (C=O) groups is 1. The number of hydrogen-bond acceptors (Lipinski definition) is 5. The van der Waals surface area contributed by atoms with Crippen molar-refractivity contribution in [2.24, 2.45) is 5.92 Å². The average Bonchev–Trinajstić information content (AvgIpc) is 3.18. The predicted molar refractivity (Wildman–Crippen MR) is 74.2 cm³/mol. The van der Waals surface area contributed by atoms with Crippen LogP contribution in [0.1, 0.15) is 23.5 Å². The van der Waals surface area contributed by atoms with E-state index in [-0.39, 0.29) is 11.7 Å². The van der Waals surface area contributed by atoms with Gasteiger partial charge in [-0.1, -0.05) is 0 Å². The summed E-state index contributed by atoms with van der Waals surface area (Å²) in [6.45, 7) is 0.302. The van der Waals surface area contributed by atoms with Crippen LogP contribution in [0.4, 0.5) is 0 Å². The fraction of sp³-hybridized carbons (Fsp3) is 0.500. The number of hydrogen-bond donors (Lipinski definition) is 1. The number of fused-ring (bicyclic) bond motifs is 1. The second-order valence-electron chi connectivity index (χ2n) is 5.04. The minimum absolute atomic E-state index is 0.0843. The van der Waals surface area contributed by atoms with Crippen LogP contribution in [0.25, 0.3) is 5.78 Å². The molecule has 1 amide bonds. The number of rotatable bonds is 4. The van der Waals surface area contributed by atoms with Crippen LogP contribution in [0.15, 0.2) is 16.9 Å². The van der Waals surface area contributed by atoms with E-state index in [0.29, 0.717) is 18.2 Å². The molecule has 2 aromatic heterocycles. The lowest BCUT2D eigenvalue weighted by molar-refractivity contribution is 0.0635. The lowest BCUT2D eigenvalue weighted by atomic mass is 10.2. The van der Waals surface area contributed by atoms with Crippen molar-refractivity contribution >= 4 is 27.6 Å². The number of amides is 1. The molecule has 2 aromatic rings. The summed E-state index contributed by atoms with van der Waals surface area (Å²) in [5, 5.41) is 14.0. The van der Waals surface area contributed by atoms with Gasteiger partial charge in [-0.25, -0.2) is 9.50 Å². The van der Waals surface area contributed by atoms with E-state index in [0.717, 1.165) is 17.3 Å². The molecule has 0 spiro atoms. The van der Waals surface area contributed by atoms with Crippen LogP contribution in [0, 0.1) is 5.92 Å². The summed E-state index contributed by atoms with van der Waals surface area (Å²) in [5.74, 6) is 0.469. The van der Waals surface area contributed by atoms with E-state index in [1.807, 2.05) is 0 Å². The van der Waals surface area contributed by atoms with Gasteiger partial charge in [0.1, 0.15) is 0 Å². The maximum absolute atomic E-state index is 12.2. The molecule has 0 aliphatic heterocycles. The zero-order valence-corrected chi connectivity index (χ0v) is 12.5. The third-order valence-electron chi connectivity index (χ3n) is 3.33. The molecule has 2 heterocycles. The van der Waals surface area contributed by atoms with Crippen LogP contribution < -0.4 is 0 Å². The molecule has 8 heteroatoms. The van der Waals surface area contributed by atoms with Crippen molar-refractivity contribution in [2.75, 3.05) is 13.6 Å². The van der Waals surface area contributed by atoms with E-state index in [2.05, 4.69) is 31.0 Å². The van der Waals surface area contributed by atoms with Crippen molar-refractivity contribution in [2.45, 2.75) is 18.9 Å². The summed E-state index contributed by atoms with van der Waals surface area (Å²) in [5.41, 5.74) is 0. The molecular formula is C12H14BrN5O2. The Morgan fingerprint density at radius 3 is 3.10 bits per heavy atom.